The van der Waals surface area contributed by atoms with Crippen LogP contribution in [0.2, 0.25) is 0 Å². The molecule has 0 saturated heterocycles. The predicted molar refractivity (Wildman–Crippen MR) is 78.1 cm³/mol. The molecule has 0 aromatic carbocycles. The number of nitrogens with zero attached hydrogens (tertiary/aromatic N) is 1. The van der Waals surface area contributed by atoms with Crippen molar-refractivity contribution < 1.29 is 18.0 Å². The van der Waals surface area contributed by atoms with Gasteiger partial charge in [0.2, 0.25) is 0 Å². The second kappa shape index (κ2) is 7.12. The monoisotopic (exact) mass is 307 g/mol. The van der Waals surface area contributed by atoms with Crippen LogP contribution in [0, 0.1) is 17.3 Å². The number of ketones is 1. The van der Waals surface area contributed by atoms with Crippen molar-refractivity contribution in [3.63, 3.8) is 0 Å². The highest BCUT2D eigenvalue weighted by molar-refractivity contribution is 5.82. The molecule has 1 rings (SSSR count). The Labute approximate surface area is 126 Å². The number of carbonyl (C=O) groups excluding carboxylic acids is 1. The molecule has 0 N–H and O–H groups in total. The Morgan fingerprint density at radius 1 is 1.24 bits per heavy atom. The van der Waals surface area contributed by atoms with Crippen molar-refractivity contribution in [1.29, 1.82) is 0 Å². The number of alkyl halides is 3. The lowest BCUT2D eigenvalue weighted by Crippen LogP contribution is -2.42. The number of Topliss-reactive ketones (excluding diaryl/α,β-unsaturated/α-hetero) is 1. The topological polar surface area (TPSA) is 20.3 Å². The molecule has 2 atom stereocenters. The third-order valence-electron chi connectivity index (χ3n) is 4.41. The standard InChI is InChI=1S/C16H28F3NO/c1-5-8-20(11-16(17,18)19)10-12-9-13(15(2,3)4)6-7-14(12)21/h12-13H,5-11H2,1-4H3. The Hall–Kier alpha value is -0.580. The van der Waals surface area contributed by atoms with Gasteiger partial charge in [0, 0.05) is 18.9 Å². The average molecular weight is 307 g/mol. The smallest absolute Gasteiger partial charge is 0.299 e. The van der Waals surface area contributed by atoms with Gasteiger partial charge in [-0.25, -0.2) is 0 Å². The Balaban J connectivity index is 2.69. The molecule has 0 amide bonds. The van der Waals surface area contributed by atoms with Crippen LogP contribution in [0.25, 0.3) is 0 Å². The summed E-state index contributed by atoms with van der Waals surface area (Å²) in [5.74, 6) is 0.310. The summed E-state index contributed by atoms with van der Waals surface area (Å²) in [7, 11) is 0. The maximum absolute atomic E-state index is 12.6. The van der Waals surface area contributed by atoms with Crippen LogP contribution in [0.5, 0.6) is 0 Å². The van der Waals surface area contributed by atoms with Gasteiger partial charge in [0.15, 0.2) is 0 Å². The van der Waals surface area contributed by atoms with Crippen molar-refractivity contribution in [1.82, 2.24) is 4.90 Å². The molecule has 1 fully saturated rings. The van der Waals surface area contributed by atoms with Crippen LogP contribution in [-0.2, 0) is 4.79 Å². The van der Waals surface area contributed by atoms with Crippen LogP contribution in [-0.4, -0.2) is 36.5 Å². The summed E-state index contributed by atoms with van der Waals surface area (Å²) in [4.78, 5) is 13.5. The molecule has 0 aromatic heterocycles. The molecule has 0 spiro atoms. The summed E-state index contributed by atoms with van der Waals surface area (Å²) in [6.07, 6.45) is -1.43. The van der Waals surface area contributed by atoms with Crippen LogP contribution >= 0.6 is 0 Å². The van der Waals surface area contributed by atoms with Gasteiger partial charge in [-0.15, -0.1) is 0 Å². The maximum atomic E-state index is 12.6. The molecule has 0 bridgehead atoms. The molecule has 0 radical (unpaired) electrons. The fourth-order valence-electron chi connectivity index (χ4n) is 3.19. The Kier molecular flexibility index (Phi) is 6.26. The van der Waals surface area contributed by atoms with E-state index in [2.05, 4.69) is 20.8 Å². The zero-order valence-corrected chi connectivity index (χ0v) is 13.6. The molecule has 2 unspecified atom stereocenters. The van der Waals surface area contributed by atoms with E-state index in [-0.39, 0.29) is 23.7 Å². The van der Waals surface area contributed by atoms with E-state index in [0.29, 0.717) is 25.3 Å². The number of halogens is 3. The largest absolute Gasteiger partial charge is 0.401 e. The molecule has 1 aliphatic rings. The molecule has 1 saturated carbocycles. The van der Waals surface area contributed by atoms with Crippen LogP contribution < -0.4 is 0 Å². The first-order valence-electron chi connectivity index (χ1n) is 7.84. The van der Waals surface area contributed by atoms with Gasteiger partial charge in [-0.1, -0.05) is 27.7 Å². The van der Waals surface area contributed by atoms with Crippen molar-refractivity contribution in [2.24, 2.45) is 17.3 Å². The van der Waals surface area contributed by atoms with Crippen LogP contribution in [0.15, 0.2) is 0 Å². The summed E-state index contributed by atoms with van der Waals surface area (Å²) in [5, 5.41) is 0. The minimum Gasteiger partial charge on any atom is -0.299 e. The second-order valence-electron chi connectivity index (χ2n) is 7.35. The van der Waals surface area contributed by atoms with Crippen molar-refractivity contribution in [3.05, 3.63) is 0 Å². The Morgan fingerprint density at radius 2 is 1.86 bits per heavy atom. The van der Waals surface area contributed by atoms with Gasteiger partial charge in [0.25, 0.3) is 0 Å². The average Bonchev–Trinajstić information content (AvgIpc) is 2.28. The van der Waals surface area contributed by atoms with Crippen molar-refractivity contribution in [2.45, 2.75) is 59.6 Å². The fraction of sp³-hybridized carbons (Fsp3) is 0.938. The molecule has 5 heteroatoms. The maximum Gasteiger partial charge on any atom is 0.401 e. The Bertz CT molecular complexity index is 346. The van der Waals surface area contributed by atoms with E-state index in [1.54, 1.807) is 0 Å². The molecule has 21 heavy (non-hydrogen) atoms. The zero-order valence-electron chi connectivity index (χ0n) is 13.6. The van der Waals surface area contributed by atoms with E-state index >= 15 is 0 Å². The van der Waals surface area contributed by atoms with Crippen molar-refractivity contribution >= 4 is 5.78 Å². The summed E-state index contributed by atoms with van der Waals surface area (Å²) in [6, 6.07) is 0. The first-order chi connectivity index (χ1) is 9.53. The normalized spacial score (nSPS) is 24.7. The first kappa shape index (κ1) is 18.5. The highest BCUT2D eigenvalue weighted by Crippen LogP contribution is 2.39. The third-order valence-corrected chi connectivity index (χ3v) is 4.41. The van der Waals surface area contributed by atoms with Gasteiger partial charge >= 0.3 is 6.18 Å². The number of hydrogen-bond donors (Lipinski definition) is 0. The molecule has 1 aliphatic carbocycles. The third kappa shape index (κ3) is 6.37. The number of rotatable bonds is 5. The van der Waals surface area contributed by atoms with Gasteiger partial charge in [-0.3, -0.25) is 9.69 Å². The SMILES string of the molecule is CCCN(CC1CC(C(C)(C)C)CCC1=O)CC(F)(F)F. The molecule has 0 aromatic rings. The van der Waals surface area contributed by atoms with Gasteiger partial charge in [-0.2, -0.15) is 13.2 Å². The lowest BCUT2D eigenvalue weighted by Gasteiger charge is -2.38. The minimum absolute atomic E-state index is 0.110. The molecule has 2 nitrogen and oxygen atoms in total. The van der Waals surface area contributed by atoms with E-state index in [1.807, 2.05) is 6.92 Å². The van der Waals surface area contributed by atoms with Crippen LogP contribution in [0.4, 0.5) is 13.2 Å². The molecule has 124 valence electrons. The Morgan fingerprint density at radius 3 is 2.33 bits per heavy atom. The molecule has 0 aliphatic heterocycles. The summed E-state index contributed by atoms with van der Waals surface area (Å²) in [5.41, 5.74) is 0.110. The van der Waals surface area contributed by atoms with Gasteiger partial charge in [0.1, 0.15) is 5.78 Å². The summed E-state index contributed by atoms with van der Waals surface area (Å²) < 4.78 is 37.9. The van der Waals surface area contributed by atoms with E-state index in [1.165, 1.54) is 4.90 Å². The van der Waals surface area contributed by atoms with Crippen LogP contribution in [0.1, 0.15) is 53.4 Å². The number of hydrogen-bond acceptors (Lipinski definition) is 2. The number of carbonyl (C=O) groups is 1. The van der Waals surface area contributed by atoms with E-state index in [9.17, 15) is 18.0 Å². The minimum atomic E-state index is -4.20. The van der Waals surface area contributed by atoms with E-state index in [4.69, 9.17) is 0 Å². The lowest BCUT2D eigenvalue weighted by atomic mass is 9.68. The van der Waals surface area contributed by atoms with Gasteiger partial charge in [0.05, 0.1) is 6.54 Å². The molecular weight excluding hydrogens is 279 g/mol. The predicted octanol–water partition coefficient (Wildman–Crippen LogP) is 4.29. The fourth-order valence-corrected chi connectivity index (χ4v) is 3.19. The summed E-state index contributed by atoms with van der Waals surface area (Å²) >= 11 is 0. The second-order valence-corrected chi connectivity index (χ2v) is 7.35. The van der Waals surface area contributed by atoms with E-state index in [0.717, 1.165) is 12.8 Å². The highest BCUT2D eigenvalue weighted by Gasteiger charge is 2.37. The van der Waals surface area contributed by atoms with Gasteiger partial charge < -0.3 is 0 Å². The zero-order chi connectivity index (χ0) is 16.3. The van der Waals surface area contributed by atoms with Gasteiger partial charge in [-0.05, 0) is 37.1 Å². The molecule has 0 heterocycles. The summed E-state index contributed by atoms with van der Waals surface area (Å²) in [6.45, 7) is 8.02. The van der Waals surface area contributed by atoms with Crippen molar-refractivity contribution in [2.75, 3.05) is 19.6 Å². The first-order valence-corrected chi connectivity index (χ1v) is 7.84. The molecular formula is C16H28F3NO. The van der Waals surface area contributed by atoms with Crippen LogP contribution in [0.3, 0.4) is 0 Å². The van der Waals surface area contributed by atoms with Crippen molar-refractivity contribution in [3.8, 4) is 0 Å². The highest BCUT2D eigenvalue weighted by atomic mass is 19.4. The lowest BCUT2D eigenvalue weighted by molar-refractivity contribution is -0.150. The van der Waals surface area contributed by atoms with E-state index < -0.39 is 12.7 Å². The quantitative estimate of drug-likeness (QED) is 0.755.